The zero-order chi connectivity index (χ0) is 6.97. The van der Waals surface area contributed by atoms with Crippen LogP contribution < -0.4 is 3.27 Å². The van der Waals surface area contributed by atoms with Gasteiger partial charge in [0.1, 0.15) is 0 Å². The Hall–Kier alpha value is 0.0631. The Bertz CT molecular complexity index is 351. The first-order valence-corrected chi connectivity index (χ1v) is 5.34. The van der Waals surface area contributed by atoms with E-state index in [2.05, 4.69) is 29.6 Å². The number of benzene rings is 1. The number of hydrogen-bond donors (Lipinski definition) is 0. The summed E-state index contributed by atoms with van der Waals surface area (Å²) < 4.78 is 2.78. The van der Waals surface area contributed by atoms with Crippen molar-refractivity contribution in [2.24, 2.45) is 0 Å². The average molecular weight is 344 g/mol. The van der Waals surface area contributed by atoms with Crippen LogP contribution in [0.2, 0.25) is 0 Å². The van der Waals surface area contributed by atoms with Crippen LogP contribution in [-0.4, -0.2) is 0 Å². The molecule has 0 N–H and O–H groups in total. The Kier molecular flexibility index (Phi) is 1.75. The number of fused-ring (bicyclic) bond motifs is 1. The molecule has 0 bridgehead atoms. The molecule has 0 fully saturated rings. The van der Waals surface area contributed by atoms with Crippen LogP contribution in [0.25, 0.3) is 10.1 Å². The van der Waals surface area contributed by atoms with Crippen molar-refractivity contribution in [2.45, 2.75) is 0 Å². The average Bonchev–Trinajstić information content (AvgIpc) is 2.33. The van der Waals surface area contributed by atoms with Gasteiger partial charge >= 0.3 is 79.1 Å². The third-order valence-corrected chi connectivity index (χ3v) is 3.23. The molecule has 0 aliphatic heterocycles. The summed E-state index contributed by atoms with van der Waals surface area (Å²) in [6.07, 6.45) is 0. The molecule has 2 rings (SSSR count). The summed E-state index contributed by atoms with van der Waals surface area (Å²) in [5.74, 6) is 0. The van der Waals surface area contributed by atoms with Crippen molar-refractivity contribution in [3.05, 3.63) is 29.6 Å². The van der Waals surface area contributed by atoms with Gasteiger partial charge in [0.25, 0.3) is 0 Å². The number of hydrogen-bond acceptors (Lipinski definition) is 1. The third-order valence-electron chi connectivity index (χ3n) is 1.41. The third kappa shape index (κ3) is 1.11. The fourth-order valence-electron chi connectivity index (χ4n) is 0.938. The van der Waals surface area contributed by atoms with Crippen LogP contribution in [0.3, 0.4) is 0 Å². The van der Waals surface area contributed by atoms with Crippen LogP contribution in [0, 0.1) is 24.7 Å². The van der Waals surface area contributed by atoms with E-state index in [9.17, 15) is 0 Å². The summed E-state index contributed by atoms with van der Waals surface area (Å²) in [7, 11) is 0. The molecule has 2 heteroatoms. The first-order valence-electron chi connectivity index (χ1n) is 2.99. The molecule has 0 spiro atoms. The van der Waals surface area contributed by atoms with E-state index in [1.807, 2.05) is 0 Å². The molecule has 0 aliphatic rings. The van der Waals surface area contributed by atoms with E-state index in [0.29, 0.717) is 0 Å². The second-order valence-corrected chi connectivity index (χ2v) is 4.75. The van der Waals surface area contributed by atoms with Gasteiger partial charge in [-0.2, -0.15) is 0 Å². The molecule has 10 heavy (non-hydrogen) atoms. The fourth-order valence-corrected chi connectivity index (χ4v) is 2.41. The molecule has 0 aliphatic carbocycles. The molecule has 1 aromatic heterocycles. The molecule has 0 radical (unpaired) electrons. The minimum absolute atomic E-state index is 1.38. The molecule has 1 heterocycles. The molecule has 0 unspecified atom stereocenters. The minimum atomic E-state index is 1.38. The van der Waals surface area contributed by atoms with E-state index in [4.69, 9.17) is 0 Å². The first-order chi connectivity index (χ1) is 4.86. The molecule has 1 aromatic carbocycles. The monoisotopic (exact) mass is 344 g/mol. The van der Waals surface area contributed by atoms with Gasteiger partial charge < -0.3 is 0 Å². The molecule has 0 saturated carbocycles. The Balaban J connectivity index is 2.86. The predicted molar refractivity (Wildman–Crippen MR) is 41.5 cm³/mol. The molecule has 0 saturated heterocycles. The molecular formula is C8H5AtS. The number of rotatable bonds is 0. The van der Waals surface area contributed by atoms with E-state index >= 15 is 0 Å². The van der Waals surface area contributed by atoms with Crippen LogP contribution in [-0.2, 0) is 0 Å². The Labute approximate surface area is 78.7 Å². The van der Waals surface area contributed by atoms with Crippen molar-refractivity contribution < 1.29 is 24.7 Å². The van der Waals surface area contributed by atoms with E-state index < -0.39 is 0 Å². The van der Waals surface area contributed by atoms with Crippen LogP contribution >= 0.6 is 11.3 Å². The van der Waals surface area contributed by atoms with Crippen molar-refractivity contribution in [1.82, 2.24) is 0 Å². The number of thiophene rings is 1. The van der Waals surface area contributed by atoms with Gasteiger partial charge in [-0.05, 0) is 0 Å². The summed E-state index contributed by atoms with van der Waals surface area (Å²) in [4.78, 5) is 0. The SMILES string of the molecule is [211At]c1ccc2sccc2c1. The van der Waals surface area contributed by atoms with Crippen molar-refractivity contribution in [1.29, 1.82) is 0 Å². The first kappa shape index (κ1) is 6.75. The maximum atomic E-state index is 2.24. The zero-order valence-electron chi connectivity index (χ0n) is 5.17. The van der Waals surface area contributed by atoms with Gasteiger partial charge in [0.15, 0.2) is 0 Å². The summed E-state index contributed by atoms with van der Waals surface area (Å²) in [6.45, 7) is 0. The topological polar surface area (TPSA) is 0 Å². The zero-order valence-corrected chi connectivity index (χ0v) is 8.93. The van der Waals surface area contributed by atoms with Gasteiger partial charge in [0, 0.05) is 0 Å². The van der Waals surface area contributed by atoms with Crippen molar-refractivity contribution in [3.8, 4) is 0 Å². The molecule has 0 nitrogen and oxygen atoms in total. The van der Waals surface area contributed by atoms with E-state index in [0.717, 1.165) is 0 Å². The molecule has 50 valence electrons. The van der Waals surface area contributed by atoms with Crippen LogP contribution in [0.15, 0.2) is 29.6 Å². The van der Waals surface area contributed by atoms with E-state index in [1.165, 1.54) is 13.4 Å². The second kappa shape index (κ2) is 2.60. The van der Waals surface area contributed by atoms with Gasteiger partial charge in [0.2, 0.25) is 0 Å². The maximum absolute atomic E-state index is 2.24. The predicted octanol–water partition coefficient (Wildman–Crippen LogP) is 2.08. The quantitative estimate of drug-likeness (QED) is 0.687. The molecule has 2 aromatic rings. The molecule has 0 atom stereocenters. The van der Waals surface area contributed by atoms with Crippen molar-refractivity contribution in [3.63, 3.8) is 0 Å². The van der Waals surface area contributed by atoms with Crippen LogP contribution in [0.1, 0.15) is 0 Å². The standard InChI is InChI=1S/C8H5AtS/c9-7-1-2-8-6(5-7)3-4-10-8/h1-5H/i9+1. The Morgan fingerprint density at radius 3 is 3.00 bits per heavy atom. The Morgan fingerprint density at radius 1 is 1.20 bits per heavy atom. The fraction of sp³-hybridized carbons (Fsp3) is 0. The van der Waals surface area contributed by atoms with Crippen molar-refractivity contribution >= 4 is 24.7 Å². The van der Waals surface area contributed by atoms with Crippen molar-refractivity contribution in [2.75, 3.05) is 0 Å². The van der Waals surface area contributed by atoms with E-state index in [1.54, 1.807) is 36.1 Å². The Morgan fingerprint density at radius 2 is 2.10 bits per heavy atom. The summed E-state index contributed by atoms with van der Waals surface area (Å²) in [5, 5.41) is 3.51. The van der Waals surface area contributed by atoms with Gasteiger partial charge in [-0.1, -0.05) is 0 Å². The van der Waals surface area contributed by atoms with Crippen LogP contribution in [0.5, 0.6) is 0 Å². The van der Waals surface area contributed by atoms with E-state index in [-0.39, 0.29) is 0 Å². The summed E-state index contributed by atoms with van der Waals surface area (Å²) in [5.41, 5.74) is 0. The normalized spacial score (nSPS) is 10.5. The van der Waals surface area contributed by atoms with Gasteiger partial charge in [-0.15, -0.1) is 0 Å². The summed E-state index contributed by atoms with van der Waals surface area (Å²) >= 11 is 3.54. The molecular weight excluding hydrogens is 339 g/mol. The molecule has 0 amide bonds. The van der Waals surface area contributed by atoms with Gasteiger partial charge in [0.05, 0.1) is 0 Å². The van der Waals surface area contributed by atoms with Gasteiger partial charge in [-0.25, -0.2) is 0 Å². The van der Waals surface area contributed by atoms with Gasteiger partial charge in [-0.3, -0.25) is 0 Å². The summed E-state index contributed by atoms with van der Waals surface area (Å²) in [6, 6.07) is 8.77. The van der Waals surface area contributed by atoms with Crippen LogP contribution in [0.4, 0.5) is 0 Å². The second-order valence-electron chi connectivity index (χ2n) is 2.10.